The maximum Gasteiger partial charge on any atom is 0.165 e. The first-order valence-electron chi connectivity index (χ1n) is 7.43. The summed E-state index contributed by atoms with van der Waals surface area (Å²) in [5, 5.41) is 3.41. The van der Waals surface area contributed by atoms with Crippen LogP contribution in [-0.4, -0.2) is 41.2 Å². The van der Waals surface area contributed by atoms with Crippen LogP contribution in [0.1, 0.15) is 17.4 Å². The molecule has 1 aromatic carbocycles. The lowest BCUT2D eigenvalue weighted by atomic mass is 10.1. The molecule has 0 saturated carbocycles. The van der Waals surface area contributed by atoms with Crippen LogP contribution in [0.3, 0.4) is 0 Å². The lowest BCUT2D eigenvalue weighted by molar-refractivity contribution is 0.144. The molecule has 2 heterocycles. The van der Waals surface area contributed by atoms with Gasteiger partial charge in [-0.3, -0.25) is 4.90 Å². The second kappa shape index (κ2) is 7.77. The molecule has 1 fully saturated rings. The predicted octanol–water partition coefficient (Wildman–Crippen LogP) is 2.14. The van der Waals surface area contributed by atoms with Gasteiger partial charge in [-0.25, -0.2) is 9.37 Å². The van der Waals surface area contributed by atoms with E-state index in [9.17, 15) is 4.39 Å². The van der Waals surface area contributed by atoms with Gasteiger partial charge in [0, 0.05) is 45.6 Å². The second-order valence-electron chi connectivity index (χ2n) is 5.56. The second-order valence-corrected chi connectivity index (χ2v) is 5.56. The Hall–Kier alpha value is -1.63. The molecular formula is C16H22ClFN4O. The molecular weight excluding hydrogens is 319 g/mol. The molecule has 2 aromatic rings. The van der Waals surface area contributed by atoms with E-state index in [4.69, 9.17) is 4.74 Å². The quantitative estimate of drug-likeness (QED) is 0.926. The van der Waals surface area contributed by atoms with Crippen molar-refractivity contribution in [2.24, 2.45) is 7.05 Å². The molecule has 1 atom stereocenters. The van der Waals surface area contributed by atoms with Gasteiger partial charge in [-0.2, -0.15) is 0 Å². The molecule has 0 bridgehead atoms. The van der Waals surface area contributed by atoms with Crippen molar-refractivity contribution in [1.29, 1.82) is 0 Å². The van der Waals surface area contributed by atoms with Crippen molar-refractivity contribution < 1.29 is 9.13 Å². The number of imidazole rings is 1. The number of hydrogen-bond acceptors (Lipinski definition) is 4. The number of aromatic nitrogens is 2. The monoisotopic (exact) mass is 340 g/mol. The molecule has 0 spiro atoms. The summed E-state index contributed by atoms with van der Waals surface area (Å²) in [4.78, 5) is 6.80. The van der Waals surface area contributed by atoms with E-state index in [0.29, 0.717) is 6.54 Å². The van der Waals surface area contributed by atoms with Gasteiger partial charge in [0.1, 0.15) is 5.82 Å². The van der Waals surface area contributed by atoms with Crippen molar-refractivity contribution in [3.8, 4) is 5.75 Å². The predicted molar refractivity (Wildman–Crippen MR) is 89.4 cm³/mol. The first kappa shape index (κ1) is 17.7. The minimum absolute atomic E-state index is 0. The van der Waals surface area contributed by atoms with E-state index in [1.165, 1.54) is 7.11 Å². The Morgan fingerprint density at radius 2 is 2.26 bits per heavy atom. The van der Waals surface area contributed by atoms with Gasteiger partial charge in [0.05, 0.1) is 13.2 Å². The van der Waals surface area contributed by atoms with E-state index >= 15 is 0 Å². The van der Waals surface area contributed by atoms with Gasteiger partial charge in [-0.1, -0.05) is 6.07 Å². The Balaban J connectivity index is 0.00000192. The van der Waals surface area contributed by atoms with Crippen molar-refractivity contribution in [1.82, 2.24) is 19.8 Å². The molecule has 0 radical (unpaired) electrons. The zero-order valence-corrected chi connectivity index (χ0v) is 14.1. The Morgan fingerprint density at radius 1 is 1.43 bits per heavy atom. The molecule has 1 saturated heterocycles. The standard InChI is InChI=1S/C16H21FN4O.ClH/c1-20-7-6-19-16(20)14-10-18-5-8-21(14)11-12-3-4-15(22-2)13(17)9-12;/h3-4,6-7,9,14,18H,5,8,10-11H2,1-2H3;1H. The van der Waals surface area contributed by atoms with E-state index in [1.807, 2.05) is 30.1 Å². The van der Waals surface area contributed by atoms with Crippen molar-refractivity contribution in [2.45, 2.75) is 12.6 Å². The molecule has 1 aliphatic rings. The van der Waals surface area contributed by atoms with Crippen LogP contribution in [0.15, 0.2) is 30.6 Å². The van der Waals surface area contributed by atoms with Gasteiger partial charge >= 0.3 is 0 Å². The van der Waals surface area contributed by atoms with Crippen LogP contribution < -0.4 is 10.1 Å². The van der Waals surface area contributed by atoms with Crippen molar-refractivity contribution >= 4 is 12.4 Å². The Bertz CT molecular complexity index is 649. The van der Waals surface area contributed by atoms with E-state index in [2.05, 4.69) is 15.2 Å². The minimum atomic E-state index is -0.316. The van der Waals surface area contributed by atoms with Crippen LogP contribution in [0, 0.1) is 5.82 Å². The largest absolute Gasteiger partial charge is 0.494 e. The van der Waals surface area contributed by atoms with Gasteiger partial charge in [0.15, 0.2) is 11.6 Å². The minimum Gasteiger partial charge on any atom is -0.494 e. The van der Waals surface area contributed by atoms with Gasteiger partial charge in [-0.05, 0) is 17.7 Å². The van der Waals surface area contributed by atoms with Crippen LogP contribution in [0.5, 0.6) is 5.75 Å². The third kappa shape index (κ3) is 3.83. The normalized spacial score (nSPS) is 18.5. The number of halogens is 2. The number of methoxy groups -OCH3 is 1. The summed E-state index contributed by atoms with van der Waals surface area (Å²) >= 11 is 0. The highest BCUT2D eigenvalue weighted by molar-refractivity contribution is 5.85. The third-order valence-electron chi connectivity index (χ3n) is 4.11. The summed E-state index contributed by atoms with van der Waals surface area (Å²) in [6, 6.07) is 5.34. The molecule has 1 aliphatic heterocycles. The summed E-state index contributed by atoms with van der Waals surface area (Å²) in [5.41, 5.74) is 0.944. The van der Waals surface area contributed by atoms with Crippen molar-refractivity contribution in [3.63, 3.8) is 0 Å². The average Bonchev–Trinajstić information content (AvgIpc) is 2.94. The summed E-state index contributed by atoms with van der Waals surface area (Å²) in [6.45, 7) is 3.38. The summed E-state index contributed by atoms with van der Waals surface area (Å²) in [6.07, 6.45) is 3.77. The molecule has 23 heavy (non-hydrogen) atoms. The fraction of sp³-hybridized carbons (Fsp3) is 0.438. The third-order valence-corrected chi connectivity index (χ3v) is 4.11. The highest BCUT2D eigenvalue weighted by Gasteiger charge is 2.26. The zero-order chi connectivity index (χ0) is 15.5. The smallest absolute Gasteiger partial charge is 0.165 e. The molecule has 5 nitrogen and oxygen atoms in total. The molecule has 0 amide bonds. The topological polar surface area (TPSA) is 42.3 Å². The van der Waals surface area contributed by atoms with Crippen LogP contribution in [0.2, 0.25) is 0 Å². The molecule has 7 heteroatoms. The van der Waals surface area contributed by atoms with Crippen LogP contribution in [0.4, 0.5) is 4.39 Å². The molecule has 1 aromatic heterocycles. The van der Waals surface area contributed by atoms with Gasteiger partial charge < -0.3 is 14.6 Å². The molecule has 1 unspecified atom stereocenters. The van der Waals surface area contributed by atoms with Gasteiger partial charge in [0.2, 0.25) is 0 Å². The number of aryl methyl sites for hydroxylation is 1. The summed E-state index contributed by atoms with van der Waals surface area (Å²) in [7, 11) is 3.48. The van der Waals surface area contributed by atoms with E-state index < -0.39 is 0 Å². The number of nitrogens with zero attached hydrogens (tertiary/aromatic N) is 3. The maximum absolute atomic E-state index is 13.9. The lowest BCUT2D eigenvalue weighted by Gasteiger charge is -2.35. The van der Waals surface area contributed by atoms with Gasteiger partial charge in [-0.15, -0.1) is 12.4 Å². The summed E-state index contributed by atoms with van der Waals surface area (Å²) < 4.78 is 20.9. The molecule has 126 valence electrons. The van der Waals surface area contributed by atoms with Crippen LogP contribution >= 0.6 is 12.4 Å². The number of nitrogens with one attached hydrogen (secondary N) is 1. The Kier molecular flexibility index (Phi) is 5.98. The van der Waals surface area contributed by atoms with Crippen molar-refractivity contribution in [2.75, 3.05) is 26.7 Å². The molecule has 1 N–H and O–H groups in total. The van der Waals surface area contributed by atoms with E-state index in [-0.39, 0.29) is 30.0 Å². The Morgan fingerprint density at radius 3 is 2.91 bits per heavy atom. The number of ether oxygens (including phenoxy) is 1. The number of piperazine rings is 1. The highest BCUT2D eigenvalue weighted by atomic mass is 35.5. The summed E-state index contributed by atoms with van der Waals surface area (Å²) in [5.74, 6) is 0.995. The molecule has 0 aliphatic carbocycles. The lowest BCUT2D eigenvalue weighted by Crippen LogP contribution is -2.46. The number of benzene rings is 1. The van der Waals surface area contributed by atoms with Gasteiger partial charge in [0.25, 0.3) is 0 Å². The Labute approximate surface area is 141 Å². The molecule has 3 rings (SSSR count). The van der Waals surface area contributed by atoms with Crippen LogP contribution in [0.25, 0.3) is 0 Å². The van der Waals surface area contributed by atoms with E-state index in [1.54, 1.807) is 12.1 Å². The average molecular weight is 341 g/mol. The maximum atomic E-state index is 13.9. The highest BCUT2D eigenvalue weighted by Crippen LogP contribution is 2.24. The number of hydrogen-bond donors (Lipinski definition) is 1. The first-order valence-corrected chi connectivity index (χ1v) is 7.43. The van der Waals surface area contributed by atoms with E-state index in [0.717, 1.165) is 31.0 Å². The first-order chi connectivity index (χ1) is 10.7. The number of rotatable bonds is 4. The fourth-order valence-electron chi connectivity index (χ4n) is 2.93. The SMILES string of the molecule is COc1ccc(CN2CCNCC2c2nccn2C)cc1F.Cl. The van der Waals surface area contributed by atoms with Crippen LogP contribution in [-0.2, 0) is 13.6 Å². The zero-order valence-electron chi connectivity index (χ0n) is 13.3. The van der Waals surface area contributed by atoms with Crippen molar-refractivity contribution in [3.05, 3.63) is 47.8 Å². The fourth-order valence-corrected chi connectivity index (χ4v) is 2.93.